The summed E-state index contributed by atoms with van der Waals surface area (Å²) in [6.07, 6.45) is 0. The second-order valence-electron chi connectivity index (χ2n) is 5.98. The van der Waals surface area contributed by atoms with Gasteiger partial charge < -0.3 is 14.8 Å². The molecule has 0 bridgehead atoms. The molecule has 3 amide bonds. The van der Waals surface area contributed by atoms with Crippen LogP contribution < -0.4 is 14.8 Å². The van der Waals surface area contributed by atoms with Gasteiger partial charge in [0.25, 0.3) is 11.8 Å². The van der Waals surface area contributed by atoms with Gasteiger partial charge in [-0.05, 0) is 12.1 Å². The minimum atomic E-state index is -0.497. The summed E-state index contributed by atoms with van der Waals surface area (Å²) in [6, 6.07) is 10.1. The molecule has 1 aromatic heterocycles. The molecule has 5 rings (SSSR count). The van der Waals surface area contributed by atoms with Crippen LogP contribution in [0.3, 0.4) is 0 Å². The third kappa shape index (κ3) is 2.51. The molecular formula is C18H11N3O5S. The Morgan fingerprint density at radius 1 is 1.11 bits per heavy atom. The third-order valence-corrected chi connectivity index (χ3v) is 5.24. The number of benzene rings is 2. The standard InChI is InChI=1S/C18H11N3O5S/c22-15(7-21-16(23)9-3-1-2-4-10(9)17(21)24)20-18-19-11-5-12-13(26-8-25-12)6-14(11)27-18/h1-6H,7-8H2,(H,19,20,22). The first-order valence-electron chi connectivity index (χ1n) is 8.05. The van der Waals surface area contributed by atoms with Gasteiger partial charge in [-0.3, -0.25) is 19.3 Å². The molecule has 0 saturated heterocycles. The SMILES string of the molecule is O=C(CN1C(=O)c2ccccc2C1=O)Nc1nc2cc3c(cc2s1)OCO3. The van der Waals surface area contributed by atoms with Crippen molar-refractivity contribution in [2.75, 3.05) is 18.7 Å². The summed E-state index contributed by atoms with van der Waals surface area (Å²) in [5.74, 6) is -0.197. The molecule has 8 nitrogen and oxygen atoms in total. The summed E-state index contributed by atoms with van der Waals surface area (Å²) in [4.78, 5) is 42.3. The van der Waals surface area contributed by atoms with Gasteiger partial charge in [-0.2, -0.15) is 0 Å². The van der Waals surface area contributed by atoms with E-state index in [4.69, 9.17) is 9.47 Å². The summed E-state index contributed by atoms with van der Waals surface area (Å²) in [6.45, 7) is -0.193. The molecule has 0 radical (unpaired) electrons. The number of imide groups is 1. The number of hydrogen-bond donors (Lipinski definition) is 1. The van der Waals surface area contributed by atoms with Crippen molar-refractivity contribution in [1.82, 2.24) is 9.88 Å². The van der Waals surface area contributed by atoms with Crippen molar-refractivity contribution in [2.24, 2.45) is 0 Å². The molecule has 3 heterocycles. The Bertz CT molecular complexity index is 1060. The monoisotopic (exact) mass is 381 g/mol. The van der Waals surface area contributed by atoms with Gasteiger partial charge in [0, 0.05) is 12.1 Å². The van der Waals surface area contributed by atoms with E-state index in [1.165, 1.54) is 11.3 Å². The van der Waals surface area contributed by atoms with Crippen LogP contribution in [0.4, 0.5) is 5.13 Å². The molecule has 2 aliphatic rings. The van der Waals surface area contributed by atoms with E-state index in [2.05, 4.69) is 10.3 Å². The first kappa shape index (κ1) is 15.8. The van der Waals surface area contributed by atoms with E-state index in [0.717, 1.165) is 9.60 Å². The zero-order valence-corrected chi connectivity index (χ0v) is 14.5. The molecule has 0 spiro atoms. The molecule has 2 aromatic carbocycles. The van der Waals surface area contributed by atoms with E-state index >= 15 is 0 Å². The molecule has 0 unspecified atom stereocenters. The molecule has 9 heteroatoms. The van der Waals surface area contributed by atoms with Crippen molar-refractivity contribution >= 4 is 44.4 Å². The number of fused-ring (bicyclic) bond motifs is 3. The Morgan fingerprint density at radius 3 is 2.48 bits per heavy atom. The number of thiazole rings is 1. The summed E-state index contributed by atoms with van der Waals surface area (Å²) in [7, 11) is 0. The van der Waals surface area contributed by atoms with Gasteiger partial charge in [-0.1, -0.05) is 23.5 Å². The lowest BCUT2D eigenvalue weighted by atomic mass is 10.1. The number of carbonyl (C=O) groups excluding carboxylic acids is 3. The number of amides is 3. The number of hydrogen-bond acceptors (Lipinski definition) is 7. The lowest BCUT2D eigenvalue weighted by Crippen LogP contribution is -2.37. The number of ether oxygens (including phenoxy) is 2. The Labute approximate surface area is 156 Å². The van der Waals surface area contributed by atoms with Crippen molar-refractivity contribution in [3.63, 3.8) is 0 Å². The molecule has 0 atom stereocenters. The predicted octanol–water partition coefficient (Wildman–Crippen LogP) is 2.26. The molecule has 0 fully saturated rings. The van der Waals surface area contributed by atoms with Crippen LogP contribution in [-0.2, 0) is 4.79 Å². The van der Waals surface area contributed by atoms with Crippen LogP contribution in [0, 0.1) is 0 Å². The van der Waals surface area contributed by atoms with E-state index in [0.29, 0.717) is 33.3 Å². The second kappa shape index (κ2) is 5.78. The molecule has 134 valence electrons. The quantitative estimate of drug-likeness (QED) is 0.699. The highest BCUT2D eigenvalue weighted by molar-refractivity contribution is 7.22. The number of carbonyl (C=O) groups is 3. The lowest BCUT2D eigenvalue weighted by Gasteiger charge is -2.12. The Hall–Kier alpha value is -3.46. The van der Waals surface area contributed by atoms with Gasteiger partial charge in [0.15, 0.2) is 16.6 Å². The zero-order valence-electron chi connectivity index (χ0n) is 13.7. The third-order valence-electron chi connectivity index (χ3n) is 4.31. The maximum Gasteiger partial charge on any atom is 0.262 e. The van der Waals surface area contributed by atoms with Crippen LogP contribution >= 0.6 is 11.3 Å². The van der Waals surface area contributed by atoms with E-state index in [1.807, 2.05) is 0 Å². The minimum absolute atomic E-state index is 0.177. The van der Waals surface area contributed by atoms with Gasteiger partial charge in [-0.25, -0.2) is 4.98 Å². The number of rotatable bonds is 3. The summed E-state index contributed by atoms with van der Waals surface area (Å²) in [5.41, 5.74) is 1.29. The van der Waals surface area contributed by atoms with Gasteiger partial charge in [-0.15, -0.1) is 0 Å². The Balaban J connectivity index is 1.33. The second-order valence-corrected chi connectivity index (χ2v) is 7.01. The van der Waals surface area contributed by atoms with E-state index < -0.39 is 17.7 Å². The fourth-order valence-corrected chi connectivity index (χ4v) is 3.95. The summed E-state index contributed by atoms with van der Waals surface area (Å²) >= 11 is 1.27. The predicted molar refractivity (Wildman–Crippen MR) is 96.2 cm³/mol. The van der Waals surface area contributed by atoms with Gasteiger partial charge in [0.1, 0.15) is 6.54 Å². The average Bonchev–Trinajstić information content (AvgIpc) is 3.33. The molecule has 27 heavy (non-hydrogen) atoms. The normalized spacial score (nSPS) is 14.7. The molecule has 0 aliphatic carbocycles. The van der Waals surface area contributed by atoms with E-state index in [-0.39, 0.29) is 13.3 Å². The van der Waals surface area contributed by atoms with E-state index in [1.54, 1.807) is 36.4 Å². The van der Waals surface area contributed by atoms with Crippen LogP contribution in [-0.4, -0.2) is 40.9 Å². The minimum Gasteiger partial charge on any atom is -0.454 e. The van der Waals surface area contributed by atoms with Crippen molar-refractivity contribution in [2.45, 2.75) is 0 Å². The Kier molecular flexibility index (Phi) is 3.37. The molecular weight excluding hydrogens is 370 g/mol. The number of nitrogens with zero attached hydrogens (tertiary/aromatic N) is 2. The molecule has 3 aromatic rings. The van der Waals surface area contributed by atoms with Crippen molar-refractivity contribution in [3.8, 4) is 11.5 Å². The smallest absolute Gasteiger partial charge is 0.262 e. The number of nitrogens with one attached hydrogen (secondary N) is 1. The van der Waals surface area contributed by atoms with Crippen molar-refractivity contribution in [3.05, 3.63) is 47.5 Å². The van der Waals surface area contributed by atoms with Crippen LogP contribution in [0.5, 0.6) is 11.5 Å². The van der Waals surface area contributed by atoms with Crippen LogP contribution in [0.15, 0.2) is 36.4 Å². The first-order valence-corrected chi connectivity index (χ1v) is 8.87. The lowest BCUT2D eigenvalue weighted by molar-refractivity contribution is -0.116. The van der Waals surface area contributed by atoms with Crippen LogP contribution in [0.2, 0.25) is 0 Å². The topological polar surface area (TPSA) is 97.8 Å². The van der Waals surface area contributed by atoms with Crippen molar-refractivity contribution < 1.29 is 23.9 Å². The van der Waals surface area contributed by atoms with Crippen LogP contribution in [0.1, 0.15) is 20.7 Å². The Morgan fingerprint density at radius 2 is 1.78 bits per heavy atom. The first-order chi connectivity index (χ1) is 13.1. The number of anilines is 1. The summed E-state index contributed by atoms with van der Waals surface area (Å²) in [5, 5.41) is 3.01. The van der Waals surface area contributed by atoms with Gasteiger partial charge in [0.2, 0.25) is 12.7 Å². The molecule has 1 N–H and O–H groups in total. The highest BCUT2D eigenvalue weighted by Crippen LogP contribution is 2.39. The largest absolute Gasteiger partial charge is 0.454 e. The highest BCUT2D eigenvalue weighted by atomic mass is 32.1. The van der Waals surface area contributed by atoms with E-state index in [9.17, 15) is 14.4 Å². The fraction of sp³-hybridized carbons (Fsp3) is 0.111. The fourth-order valence-electron chi connectivity index (χ4n) is 3.06. The van der Waals surface area contributed by atoms with Crippen molar-refractivity contribution in [1.29, 1.82) is 0 Å². The van der Waals surface area contributed by atoms with Crippen LogP contribution in [0.25, 0.3) is 10.2 Å². The maximum absolute atomic E-state index is 12.3. The molecule has 2 aliphatic heterocycles. The maximum atomic E-state index is 12.3. The van der Waals surface area contributed by atoms with Gasteiger partial charge in [0.05, 0.1) is 21.3 Å². The highest BCUT2D eigenvalue weighted by Gasteiger charge is 2.36. The zero-order chi connectivity index (χ0) is 18.5. The van der Waals surface area contributed by atoms with Gasteiger partial charge >= 0.3 is 0 Å². The molecule has 0 saturated carbocycles. The number of aromatic nitrogens is 1. The average molecular weight is 381 g/mol. The summed E-state index contributed by atoms with van der Waals surface area (Å²) < 4.78 is 11.5.